The van der Waals surface area contributed by atoms with Crippen molar-refractivity contribution < 1.29 is 14.1 Å². The molecule has 7 nitrogen and oxygen atoms in total. The molecule has 1 N–H and O–H groups in total. The van der Waals surface area contributed by atoms with Crippen molar-refractivity contribution in [3.63, 3.8) is 0 Å². The van der Waals surface area contributed by atoms with Gasteiger partial charge in [-0.05, 0) is 62.2 Å². The van der Waals surface area contributed by atoms with E-state index in [4.69, 9.17) is 0 Å². The highest BCUT2D eigenvalue weighted by Crippen LogP contribution is 2.23. The molecule has 28 heavy (non-hydrogen) atoms. The smallest absolute Gasteiger partial charge is 0.312 e. The number of aryl methyl sites for hydroxylation is 2. The first-order valence-corrected chi connectivity index (χ1v) is 8.61. The first-order valence-electron chi connectivity index (χ1n) is 8.61. The van der Waals surface area contributed by atoms with E-state index in [0.29, 0.717) is 34.7 Å². The van der Waals surface area contributed by atoms with Gasteiger partial charge in [-0.2, -0.15) is 5.10 Å². The molecule has 1 heterocycles. The Morgan fingerprint density at radius 2 is 1.86 bits per heavy atom. The predicted octanol–water partition coefficient (Wildman–Crippen LogP) is 4.16. The molecule has 0 unspecified atom stereocenters. The maximum Gasteiger partial charge on any atom is 0.312 e. The highest BCUT2D eigenvalue weighted by Gasteiger charge is 2.21. The average Bonchev–Trinajstić information content (AvgIpc) is 2.91. The molecule has 0 atom stereocenters. The van der Waals surface area contributed by atoms with Crippen molar-refractivity contribution in [3.05, 3.63) is 86.5 Å². The maximum absolute atomic E-state index is 13.2. The number of nitro groups is 1. The van der Waals surface area contributed by atoms with Gasteiger partial charge in [0.05, 0.1) is 11.5 Å². The number of aromatic nitrogens is 2. The van der Waals surface area contributed by atoms with Crippen LogP contribution in [0.15, 0.2) is 42.5 Å². The minimum Gasteiger partial charge on any atom is -0.322 e. The molecule has 0 aliphatic heterocycles. The van der Waals surface area contributed by atoms with E-state index in [0.717, 1.165) is 5.56 Å². The molecule has 1 aromatic heterocycles. The molecule has 0 fully saturated rings. The van der Waals surface area contributed by atoms with E-state index in [2.05, 4.69) is 10.4 Å². The average molecular weight is 382 g/mol. The van der Waals surface area contributed by atoms with Gasteiger partial charge >= 0.3 is 5.69 Å². The number of nitrogens with one attached hydrogen (secondary N) is 1. The molecule has 0 saturated heterocycles. The van der Waals surface area contributed by atoms with E-state index < -0.39 is 4.92 Å². The number of amides is 1. The fraction of sp³-hybridized carbons (Fsp3) is 0.200. The van der Waals surface area contributed by atoms with Crippen molar-refractivity contribution in [2.24, 2.45) is 0 Å². The number of carbonyl (C=O) groups is 1. The van der Waals surface area contributed by atoms with E-state index in [1.807, 2.05) is 0 Å². The highest BCUT2D eigenvalue weighted by molar-refractivity contribution is 6.04. The third-order valence-corrected chi connectivity index (χ3v) is 4.51. The molecule has 144 valence electrons. The third kappa shape index (κ3) is 3.90. The maximum atomic E-state index is 13.2. The summed E-state index contributed by atoms with van der Waals surface area (Å²) in [5.74, 6) is -0.660. The Labute approximate surface area is 161 Å². The molecule has 0 spiro atoms. The van der Waals surface area contributed by atoms with Gasteiger partial charge in [0.1, 0.15) is 17.2 Å². The Morgan fingerprint density at radius 3 is 2.43 bits per heavy atom. The SMILES string of the molecule is Cc1cc(F)ccc1NC(=O)c1ccc(Cn2nc(C)c([N+](=O)[O-])c2C)cc1. The molecule has 3 aromatic rings. The molecular formula is C20H19FN4O3. The molecule has 8 heteroatoms. The lowest BCUT2D eigenvalue weighted by molar-refractivity contribution is -0.386. The number of nitrogens with zero attached hydrogens (tertiary/aromatic N) is 3. The zero-order valence-corrected chi connectivity index (χ0v) is 15.7. The molecular weight excluding hydrogens is 363 g/mol. The third-order valence-electron chi connectivity index (χ3n) is 4.51. The first kappa shape index (κ1) is 19.2. The van der Waals surface area contributed by atoms with E-state index in [1.165, 1.54) is 18.2 Å². The van der Waals surface area contributed by atoms with Crippen molar-refractivity contribution in [3.8, 4) is 0 Å². The Balaban J connectivity index is 1.74. The monoisotopic (exact) mass is 382 g/mol. The number of benzene rings is 2. The summed E-state index contributed by atoms with van der Waals surface area (Å²) in [6.45, 7) is 5.34. The normalized spacial score (nSPS) is 10.7. The van der Waals surface area contributed by atoms with Crippen LogP contribution in [0.1, 0.15) is 32.9 Å². The Morgan fingerprint density at radius 1 is 1.18 bits per heavy atom. The molecule has 3 rings (SSSR count). The van der Waals surface area contributed by atoms with Gasteiger partial charge in [-0.1, -0.05) is 12.1 Å². The quantitative estimate of drug-likeness (QED) is 0.530. The van der Waals surface area contributed by atoms with Crippen LogP contribution in [0.3, 0.4) is 0 Å². The number of halogens is 1. The lowest BCUT2D eigenvalue weighted by atomic mass is 10.1. The summed E-state index contributed by atoms with van der Waals surface area (Å²) in [5.41, 5.74) is 3.36. The molecule has 0 radical (unpaired) electrons. The first-order chi connectivity index (χ1) is 13.3. The van der Waals surface area contributed by atoms with Gasteiger partial charge in [0.2, 0.25) is 0 Å². The highest BCUT2D eigenvalue weighted by atomic mass is 19.1. The summed E-state index contributed by atoms with van der Waals surface area (Å²) in [6, 6.07) is 11.1. The second-order valence-electron chi connectivity index (χ2n) is 6.54. The lowest BCUT2D eigenvalue weighted by Gasteiger charge is -2.09. The Bertz CT molecular complexity index is 1060. The number of hydrogen-bond acceptors (Lipinski definition) is 4. The van der Waals surface area contributed by atoms with E-state index in [9.17, 15) is 19.3 Å². The van der Waals surface area contributed by atoms with Crippen molar-refractivity contribution in [1.29, 1.82) is 0 Å². The Kier molecular flexibility index (Phi) is 5.21. The summed E-state index contributed by atoms with van der Waals surface area (Å²) in [7, 11) is 0. The van der Waals surface area contributed by atoms with Gasteiger partial charge < -0.3 is 5.32 Å². The standard InChI is InChI=1S/C20H19FN4O3/c1-12-10-17(21)8-9-18(12)22-20(26)16-6-4-15(5-7-16)11-24-14(3)19(25(27)28)13(2)23-24/h4-10H,11H2,1-3H3,(H,22,26). The number of carbonyl (C=O) groups excluding carboxylic acids is 1. The topological polar surface area (TPSA) is 90.1 Å². The van der Waals surface area contributed by atoms with Crippen LogP contribution in [0.5, 0.6) is 0 Å². The summed E-state index contributed by atoms with van der Waals surface area (Å²) in [4.78, 5) is 23.1. The molecule has 1 amide bonds. The minimum atomic E-state index is -0.432. The second-order valence-corrected chi connectivity index (χ2v) is 6.54. The van der Waals surface area contributed by atoms with Gasteiger partial charge in [-0.3, -0.25) is 19.6 Å². The van der Waals surface area contributed by atoms with E-state index in [-0.39, 0.29) is 17.4 Å². The van der Waals surface area contributed by atoms with Crippen LogP contribution < -0.4 is 5.32 Å². The molecule has 2 aromatic carbocycles. The van der Waals surface area contributed by atoms with Gasteiger partial charge in [0, 0.05) is 11.3 Å². The number of anilines is 1. The van der Waals surface area contributed by atoms with Gasteiger partial charge in [0.15, 0.2) is 0 Å². The van der Waals surface area contributed by atoms with Gasteiger partial charge in [-0.15, -0.1) is 0 Å². The van der Waals surface area contributed by atoms with Crippen molar-refractivity contribution >= 4 is 17.3 Å². The molecule has 0 aliphatic carbocycles. The van der Waals surface area contributed by atoms with Gasteiger partial charge in [-0.25, -0.2) is 4.39 Å². The van der Waals surface area contributed by atoms with Crippen molar-refractivity contribution in [2.75, 3.05) is 5.32 Å². The van der Waals surface area contributed by atoms with Crippen LogP contribution >= 0.6 is 0 Å². The van der Waals surface area contributed by atoms with Gasteiger partial charge in [0.25, 0.3) is 5.91 Å². The molecule has 0 saturated carbocycles. The van der Waals surface area contributed by atoms with E-state index in [1.54, 1.807) is 49.7 Å². The van der Waals surface area contributed by atoms with Crippen LogP contribution in [0.25, 0.3) is 0 Å². The van der Waals surface area contributed by atoms with E-state index >= 15 is 0 Å². The molecule has 0 aliphatic rings. The zero-order chi connectivity index (χ0) is 20.4. The van der Waals surface area contributed by atoms with Crippen LogP contribution in [-0.4, -0.2) is 20.6 Å². The number of hydrogen-bond donors (Lipinski definition) is 1. The summed E-state index contributed by atoms with van der Waals surface area (Å²) < 4.78 is 14.7. The molecule has 0 bridgehead atoms. The minimum absolute atomic E-state index is 0.0191. The largest absolute Gasteiger partial charge is 0.322 e. The van der Waals surface area contributed by atoms with Crippen LogP contribution in [0, 0.1) is 36.7 Å². The lowest BCUT2D eigenvalue weighted by Crippen LogP contribution is -2.13. The fourth-order valence-electron chi connectivity index (χ4n) is 3.00. The summed E-state index contributed by atoms with van der Waals surface area (Å²) in [6.07, 6.45) is 0. The summed E-state index contributed by atoms with van der Waals surface area (Å²) in [5, 5.41) is 18.1. The fourth-order valence-corrected chi connectivity index (χ4v) is 3.00. The zero-order valence-electron chi connectivity index (χ0n) is 15.7. The number of rotatable bonds is 5. The van der Waals surface area contributed by atoms with Crippen LogP contribution in [0.4, 0.5) is 15.8 Å². The summed E-state index contributed by atoms with van der Waals surface area (Å²) >= 11 is 0. The van der Waals surface area contributed by atoms with Crippen LogP contribution in [0.2, 0.25) is 0 Å². The van der Waals surface area contributed by atoms with Crippen LogP contribution in [-0.2, 0) is 6.54 Å². The van der Waals surface area contributed by atoms with Crippen molar-refractivity contribution in [1.82, 2.24) is 9.78 Å². The predicted molar refractivity (Wildman–Crippen MR) is 103 cm³/mol. The second kappa shape index (κ2) is 7.59. The van der Waals surface area contributed by atoms with Crippen molar-refractivity contribution in [2.45, 2.75) is 27.3 Å². The Hall–Kier alpha value is -3.55.